The van der Waals surface area contributed by atoms with Gasteiger partial charge in [0.15, 0.2) is 0 Å². The van der Waals surface area contributed by atoms with Gasteiger partial charge in [-0.2, -0.15) is 0 Å². The highest BCUT2D eigenvalue weighted by molar-refractivity contribution is 6.30. The second-order valence-electron chi connectivity index (χ2n) is 6.11. The highest BCUT2D eigenvalue weighted by Gasteiger charge is 2.45. The lowest BCUT2D eigenvalue weighted by Crippen LogP contribution is -2.41. The number of carboxylic acid groups (broad SMARTS) is 1. The average Bonchev–Trinajstić information content (AvgIpc) is 2.54. The van der Waals surface area contributed by atoms with Gasteiger partial charge in [-0.15, -0.1) is 0 Å². The Morgan fingerprint density at radius 3 is 2.44 bits per heavy atom. The van der Waals surface area contributed by atoms with Gasteiger partial charge in [0, 0.05) is 17.5 Å². The van der Waals surface area contributed by atoms with Crippen molar-refractivity contribution in [2.75, 3.05) is 5.32 Å². The SMILES string of the molecule is O=C(CC1(C(=O)O)CCC1)Nc1ccc(Oc2ccc(Cl)cc2)nc1. The molecule has 1 aliphatic carbocycles. The molecule has 3 rings (SSSR count). The highest BCUT2D eigenvalue weighted by atomic mass is 35.5. The van der Waals surface area contributed by atoms with E-state index >= 15 is 0 Å². The van der Waals surface area contributed by atoms with Gasteiger partial charge in [-0.25, -0.2) is 4.98 Å². The summed E-state index contributed by atoms with van der Waals surface area (Å²) >= 11 is 5.82. The van der Waals surface area contributed by atoms with Crippen LogP contribution in [0, 0.1) is 5.41 Å². The van der Waals surface area contributed by atoms with Gasteiger partial charge in [0.2, 0.25) is 11.8 Å². The van der Waals surface area contributed by atoms with E-state index in [1.54, 1.807) is 36.4 Å². The topological polar surface area (TPSA) is 88.5 Å². The molecule has 0 saturated heterocycles. The van der Waals surface area contributed by atoms with Gasteiger partial charge < -0.3 is 15.2 Å². The minimum atomic E-state index is -0.908. The normalized spacial score (nSPS) is 15.1. The number of aliphatic carboxylic acids is 1. The van der Waals surface area contributed by atoms with Crippen LogP contribution in [-0.4, -0.2) is 22.0 Å². The van der Waals surface area contributed by atoms with Crippen LogP contribution in [0.2, 0.25) is 5.02 Å². The van der Waals surface area contributed by atoms with Crippen LogP contribution in [-0.2, 0) is 9.59 Å². The van der Waals surface area contributed by atoms with E-state index in [-0.39, 0.29) is 12.3 Å². The summed E-state index contributed by atoms with van der Waals surface area (Å²) in [4.78, 5) is 27.5. The van der Waals surface area contributed by atoms with Gasteiger partial charge in [-0.3, -0.25) is 9.59 Å². The summed E-state index contributed by atoms with van der Waals surface area (Å²) in [6.45, 7) is 0. The molecule has 1 aromatic carbocycles. The molecule has 1 heterocycles. The Morgan fingerprint density at radius 1 is 1.20 bits per heavy atom. The van der Waals surface area contributed by atoms with Crippen molar-refractivity contribution in [1.82, 2.24) is 4.98 Å². The lowest BCUT2D eigenvalue weighted by Gasteiger charge is -2.36. The van der Waals surface area contributed by atoms with E-state index in [2.05, 4.69) is 10.3 Å². The molecular weight excluding hydrogens is 344 g/mol. The first-order valence-corrected chi connectivity index (χ1v) is 8.27. The summed E-state index contributed by atoms with van der Waals surface area (Å²) in [5.41, 5.74) is -0.414. The van der Waals surface area contributed by atoms with E-state index < -0.39 is 11.4 Å². The first-order valence-electron chi connectivity index (χ1n) is 7.90. The van der Waals surface area contributed by atoms with Crippen LogP contribution < -0.4 is 10.1 Å². The summed E-state index contributed by atoms with van der Waals surface area (Å²) in [5.74, 6) is -0.252. The molecule has 0 atom stereocenters. The van der Waals surface area contributed by atoms with Crippen molar-refractivity contribution < 1.29 is 19.4 Å². The Balaban J connectivity index is 1.58. The zero-order chi connectivity index (χ0) is 17.9. The third-order valence-electron chi connectivity index (χ3n) is 4.32. The lowest BCUT2D eigenvalue weighted by atomic mass is 9.66. The Morgan fingerprint density at radius 2 is 1.92 bits per heavy atom. The number of benzene rings is 1. The Kier molecular flexibility index (Phi) is 4.90. The van der Waals surface area contributed by atoms with Crippen LogP contribution in [0.5, 0.6) is 11.6 Å². The van der Waals surface area contributed by atoms with Crippen LogP contribution in [0.15, 0.2) is 42.6 Å². The van der Waals surface area contributed by atoms with Gasteiger partial charge in [0.1, 0.15) is 5.75 Å². The number of rotatable bonds is 6. The van der Waals surface area contributed by atoms with Crippen molar-refractivity contribution in [3.8, 4) is 11.6 Å². The standard InChI is InChI=1S/C18H17ClN2O4/c19-12-2-5-14(6-3-12)25-16-7-4-13(11-20-16)21-15(22)10-18(17(23)24)8-1-9-18/h2-7,11H,1,8-10H2,(H,21,22)(H,23,24). The Hall–Kier alpha value is -2.60. The summed E-state index contributed by atoms with van der Waals surface area (Å²) in [6.07, 6.45) is 3.38. The van der Waals surface area contributed by atoms with Gasteiger partial charge in [-0.1, -0.05) is 18.0 Å². The number of hydrogen-bond donors (Lipinski definition) is 2. The van der Waals surface area contributed by atoms with Crippen molar-refractivity contribution in [2.24, 2.45) is 5.41 Å². The van der Waals surface area contributed by atoms with Crippen LogP contribution >= 0.6 is 11.6 Å². The van der Waals surface area contributed by atoms with Crippen LogP contribution in [0.1, 0.15) is 25.7 Å². The molecule has 2 aromatic rings. The molecule has 1 amide bonds. The first-order chi connectivity index (χ1) is 12.0. The van der Waals surface area contributed by atoms with E-state index in [0.29, 0.717) is 35.2 Å². The minimum absolute atomic E-state index is 0.0225. The Labute approximate surface area is 149 Å². The molecule has 0 spiro atoms. The summed E-state index contributed by atoms with van der Waals surface area (Å²) < 4.78 is 5.57. The number of carbonyl (C=O) groups is 2. The predicted molar refractivity (Wildman–Crippen MR) is 92.9 cm³/mol. The van der Waals surface area contributed by atoms with Crippen molar-refractivity contribution in [1.29, 1.82) is 0 Å². The molecule has 0 unspecified atom stereocenters. The molecule has 6 nitrogen and oxygen atoms in total. The van der Waals surface area contributed by atoms with Crippen molar-refractivity contribution in [3.63, 3.8) is 0 Å². The first kappa shape index (κ1) is 17.2. The largest absolute Gasteiger partial charge is 0.481 e. The summed E-state index contributed by atoms with van der Waals surface area (Å²) in [5, 5.41) is 12.6. The molecular formula is C18H17ClN2O4. The van der Waals surface area contributed by atoms with Gasteiger partial charge >= 0.3 is 5.97 Å². The van der Waals surface area contributed by atoms with Crippen LogP contribution in [0.4, 0.5) is 5.69 Å². The van der Waals surface area contributed by atoms with E-state index in [0.717, 1.165) is 6.42 Å². The molecule has 0 aliphatic heterocycles. The smallest absolute Gasteiger partial charge is 0.310 e. The predicted octanol–water partition coefficient (Wildman–Crippen LogP) is 4.11. The molecule has 1 aliphatic rings. The maximum Gasteiger partial charge on any atom is 0.310 e. The molecule has 0 radical (unpaired) electrons. The summed E-state index contributed by atoms with van der Waals surface area (Å²) in [7, 11) is 0. The van der Waals surface area contributed by atoms with E-state index in [1.165, 1.54) is 6.20 Å². The molecule has 1 fully saturated rings. The summed E-state index contributed by atoms with van der Waals surface area (Å²) in [6, 6.07) is 10.2. The third kappa shape index (κ3) is 4.09. The fourth-order valence-electron chi connectivity index (χ4n) is 2.72. The fourth-order valence-corrected chi connectivity index (χ4v) is 2.85. The third-order valence-corrected chi connectivity index (χ3v) is 4.57. The molecule has 7 heteroatoms. The van der Waals surface area contributed by atoms with E-state index in [4.69, 9.17) is 16.3 Å². The zero-order valence-electron chi connectivity index (χ0n) is 13.4. The number of aromatic nitrogens is 1. The fraction of sp³-hybridized carbons (Fsp3) is 0.278. The van der Waals surface area contributed by atoms with Gasteiger partial charge in [-0.05, 0) is 43.2 Å². The molecule has 1 saturated carbocycles. The number of nitrogens with one attached hydrogen (secondary N) is 1. The number of halogens is 1. The van der Waals surface area contributed by atoms with Gasteiger partial charge in [0.25, 0.3) is 0 Å². The number of ether oxygens (including phenoxy) is 1. The molecule has 1 aromatic heterocycles. The molecule has 25 heavy (non-hydrogen) atoms. The number of pyridine rings is 1. The van der Waals surface area contributed by atoms with E-state index in [9.17, 15) is 14.7 Å². The zero-order valence-corrected chi connectivity index (χ0v) is 14.1. The van der Waals surface area contributed by atoms with Crippen molar-refractivity contribution in [2.45, 2.75) is 25.7 Å². The second kappa shape index (κ2) is 7.11. The quantitative estimate of drug-likeness (QED) is 0.809. The molecule has 2 N–H and O–H groups in total. The number of amides is 1. The number of carbonyl (C=O) groups excluding carboxylic acids is 1. The monoisotopic (exact) mass is 360 g/mol. The number of anilines is 1. The maximum atomic E-state index is 12.1. The minimum Gasteiger partial charge on any atom is -0.481 e. The van der Waals surface area contributed by atoms with Crippen LogP contribution in [0.3, 0.4) is 0 Å². The van der Waals surface area contributed by atoms with Crippen molar-refractivity contribution in [3.05, 3.63) is 47.6 Å². The molecule has 0 bridgehead atoms. The number of carboxylic acids is 1. The number of hydrogen-bond acceptors (Lipinski definition) is 4. The highest BCUT2D eigenvalue weighted by Crippen LogP contribution is 2.44. The van der Waals surface area contributed by atoms with Gasteiger partial charge in [0.05, 0.1) is 17.3 Å². The Bertz CT molecular complexity index is 771. The second-order valence-corrected chi connectivity index (χ2v) is 6.54. The lowest BCUT2D eigenvalue weighted by molar-refractivity contribution is -0.157. The van der Waals surface area contributed by atoms with Crippen LogP contribution in [0.25, 0.3) is 0 Å². The van der Waals surface area contributed by atoms with Crippen molar-refractivity contribution >= 4 is 29.2 Å². The average molecular weight is 361 g/mol. The van der Waals surface area contributed by atoms with E-state index in [1.807, 2.05) is 0 Å². The molecule has 130 valence electrons. The number of nitrogens with zero attached hydrogens (tertiary/aromatic N) is 1. The maximum absolute atomic E-state index is 12.1.